The average Bonchev–Trinajstić information content (AvgIpc) is 2.69. The molecule has 1 heterocycles. The predicted octanol–water partition coefficient (Wildman–Crippen LogP) is 5.19. The number of carbonyl (C=O) groups excluding carboxylic acids is 1. The fraction of sp³-hybridized carbons (Fsp3) is 0.458. The number of aryl methyl sites for hydroxylation is 2. The average molecular weight is 365 g/mol. The van der Waals surface area contributed by atoms with E-state index < -0.39 is 0 Å². The quantitative estimate of drug-likeness (QED) is 0.733. The maximum absolute atomic E-state index is 12.8. The lowest BCUT2D eigenvalue weighted by Gasteiger charge is -2.32. The Morgan fingerprint density at radius 2 is 1.93 bits per heavy atom. The van der Waals surface area contributed by atoms with Crippen LogP contribution in [0.2, 0.25) is 0 Å². The lowest BCUT2D eigenvalue weighted by molar-refractivity contribution is -0.121. The number of nitrogens with one attached hydrogen (secondary N) is 1. The Bertz CT molecular complexity index is 738. The molecule has 1 saturated heterocycles. The molecule has 0 spiro atoms. The van der Waals surface area contributed by atoms with Crippen LogP contribution in [0.5, 0.6) is 0 Å². The number of benzene rings is 2. The van der Waals surface area contributed by atoms with Crippen molar-refractivity contribution in [1.29, 1.82) is 0 Å². The van der Waals surface area contributed by atoms with Crippen LogP contribution in [0.15, 0.2) is 48.5 Å². The number of nitrogens with zero attached hydrogens (tertiary/aromatic N) is 1. The number of carbonyl (C=O) groups is 1. The number of likely N-dealkylation sites (tertiary alicyclic amines) is 1. The Kier molecular flexibility index (Phi) is 7.05. The fourth-order valence-electron chi connectivity index (χ4n) is 3.82. The number of unbranched alkanes of at least 4 members (excludes halogenated alkanes) is 1. The van der Waals surface area contributed by atoms with Crippen molar-refractivity contribution in [3.05, 3.63) is 65.2 Å². The van der Waals surface area contributed by atoms with E-state index in [0.717, 1.165) is 44.6 Å². The minimum absolute atomic E-state index is 0.0718. The predicted molar refractivity (Wildman–Crippen MR) is 113 cm³/mol. The van der Waals surface area contributed by atoms with E-state index in [1.165, 1.54) is 29.5 Å². The maximum atomic E-state index is 12.8. The molecule has 0 bridgehead atoms. The molecule has 1 aliphatic heterocycles. The smallest absolute Gasteiger partial charge is 0.228 e. The molecule has 3 nitrogen and oxygen atoms in total. The summed E-state index contributed by atoms with van der Waals surface area (Å²) >= 11 is 0. The molecule has 3 heteroatoms. The monoisotopic (exact) mass is 364 g/mol. The van der Waals surface area contributed by atoms with Gasteiger partial charge in [-0.1, -0.05) is 49.7 Å². The Hall–Kier alpha value is -2.13. The van der Waals surface area contributed by atoms with Crippen LogP contribution in [0.25, 0.3) is 0 Å². The second-order valence-corrected chi connectivity index (χ2v) is 7.79. The minimum atomic E-state index is 0.0718. The van der Waals surface area contributed by atoms with Gasteiger partial charge in [0, 0.05) is 18.8 Å². The zero-order valence-electron chi connectivity index (χ0n) is 16.7. The summed E-state index contributed by atoms with van der Waals surface area (Å²) in [4.78, 5) is 15.2. The third-order valence-electron chi connectivity index (χ3n) is 5.57. The van der Waals surface area contributed by atoms with Crippen LogP contribution in [0.1, 0.15) is 49.3 Å². The molecule has 1 fully saturated rings. The van der Waals surface area contributed by atoms with E-state index in [1.807, 2.05) is 12.1 Å². The van der Waals surface area contributed by atoms with Gasteiger partial charge >= 0.3 is 0 Å². The highest BCUT2D eigenvalue weighted by Crippen LogP contribution is 2.22. The lowest BCUT2D eigenvalue weighted by Crippen LogP contribution is -2.40. The number of hydrogen-bond donors (Lipinski definition) is 1. The molecule has 1 amide bonds. The molecule has 1 N–H and O–H groups in total. The van der Waals surface area contributed by atoms with Crippen molar-refractivity contribution < 1.29 is 4.79 Å². The SMILES string of the molecule is CCCCc1ccc(NC(=O)C2CCCN(Cc3ccccc3C)C2)cc1. The van der Waals surface area contributed by atoms with Gasteiger partial charge in [0.1, 0.15) is 0 Å². The molecular weight excluding hydrogens is 332 g/mol. The van der Waals surface area contributed by atoms with Gasteiger partial charge < -0.3 is 5.32 Å². The van der Waals surface area contributed by atoms with Crippen molar-refractivity contribution in [2.24, 2.45) is 5.92 Å². The number of piperidine rings is 1. The summed E-state index contributed by atoms with van der Waals surface area (Å²) in [6.07, 6.45) is 5.59. The first kappa shape index (κ1) is 19.6. The highest BCUT2D eigenvalue weighted by molar-refractivity contribution is 5.92. The van der Waals surface area contributed by atoms with E-state index in [1.54, 1.807) is 0 Å². The first-order valence-electron chi connectivity index (χ1n) is 10.3. The number of rotatable bonds is 7. The number of anilines is 1. The Balaban J connectivity index is 1.54. The summed E-state index contributed by atoms with van der Waals surface area (Å²) < 4.78 is 0. The van der Waals surface area contributed by atoms with Gasteiger partial charge in [0.2, 0.25) is 5.91 Å². The highest BCUT2D eigenvalue weighted by atomic mass is 16.1. The summed E-state index contributed by atoms with van der Waals surface area (Å²) in [6.45, 7) is 7.22. The van der Waals surface area contributed by atoms with E-state index in [9.17, 15) is 4.79 Å². The lowest BCUT2D eigenvalue weighted by atomic mass is 9.96. The molecule has 1 aliphatic rings. The second kappa shape index (κ2) is 9.70. The first-order valence-corrected chi connectivity index (χ1v) is 10.3. The molecule has 2 aromatic carbocycles. The van der Waals surface area contributed by atoms with Crippen LogP contribution in [-0.2, 0) is 17.8 Å². The van der Waals surface area contributed by atoms with Crippen molar-refractivity contribution in [3.63, 3.8) is 0 Å². The third kappa shape index (κ3) is 5.67. The second-order valence-electron chi connectivity index (χ2n) is 7.79. The molecule has 3 rings (SSSR count). The highest BCUT2D eigenvalue weighted by Gasteiger charge is 2.26. The van der Waals surface area contributed by atoms with Crippen LogP contribution in [-0.4, -0.2) is 23.9 Å². The van der Waals surface area contributed by atoms with Crippen molar-refractivity contribution in [3.8, 4) is 0 Å². The zero-order chi connectivity index (χ0) is 19.1. The van der Waals surface area contributed by atoms with E-state index in [4.69, 9.17) is 0 Å². The van der Waals surface area contributed by atoms with E-state index >= 15 is 0 Å². The van der Waals surface area contributed by atoms with Gasteiger partial charge in [-0.25, -0.2) is 0 Å². The Labute approximate surface area is 163 Å². The molecule has 1 atom stereocenters. The van der Waals surface area contributed by atoms with Crippen molar-refractivity contribution in [2.45, 2.75) is 52.5 Å². The van der Waals surface area contributed by atoms with E-state index in [0.29, 0.717) is 0 Å². The number of hydrogen-bond acceptors (Lipinski definition) is 2. The van der Waals surface area contributed by atoms with Crippen molar-refractivity contribution >= 4 is 11.6 Å². The van der Waals surface area contributed by atoms with Gasteiger partial charge in [-0.3, -0.25) is 9.69 Å². The summed E-state index contributed by atoms with van der Waals surface area (Å²) in [7, 11) is 0. The molecule has 1 unspecified atom stereocenters. The van der Waals surface area contributed by atoms with E-state index in [2.05, 4.69) is 60.5 Å². The largest absolute Gasteiger partial charge is 0.326 e. The van der Waals surface area contributed by atoms with Gasteiger partial charge in [-0.05, 0) is 68.0 Å². The van der Waals surface area contributed by atoms with Gasteiger partial charge in [-0.2, -0.15) is 0 Å². The molecule has 0 aliphatic carbocycles. The van der Waals surface area contributed by atoms with Crippen LogP contribution in [0, 0.1) is 12.8 Å². The summed E-state index contributed by atoms with van der Waals surface area (Å²) in [5.41, 5.74) is 4.95. The Morgan fingerprint density at radius 1 is 1.15 bits per heavy atom. The maximum Gasteiger partial charge on any atom is 0.228 e. The number of amides is 1. The minimum Gasteiger partial charge on any atom is -0.326 e. The van der Waals surface area contributed by atoms with Crippen molar-refractivity contribution in [1.82, 2.24) is 4.90 Å². The summed E-state index contributed by atoms with van der Waals surface area (Å²) in [6, 6.07) is 16.9. The fourth-order valence-corrected chi connectivity index (χ4v) is 3.82. The van der Waals surface area contributed by atoms with Gasteiger partial charge in [0.15, 0.2) is 0 Å². The van der Waals surface area contributed by atoms with Crippen molar-refractivity contribution in [2.75, 3.05) is 18.4 Å². The van der Waals surface area contributed by atoms with Gasteiger partial charge in [0.05, 0.1) is 5.92 Å². The molecule has 0 aromatic heterocycles. The standard InChI is InChI=1S/C24H32N2O/c1-3-4-9-20-12-14-23(15-13-20)25-24(27)22-11-7-16-26(18-22)17-21-10-6-5-8-19(21)2/h5-6,8,10,12-15,22H,3-4,7,9,11,16-18H2,1-2H3,(H,25,27). The molecule has 27 heavy (non-hydrogen) atoms. The topological polar surface area (TPSA) is 32.3 Å². The third-order valence-corrected chi connectivity index (χ3v) is 5.57. The van der Waals surface area contributed by atoms with Crippen LogP contribution in [0.4, 0.5) is 5.69 Å². The van der Waals surface area contributed by atoms with Crippen LogP contribution in [0.3, 0.4) is 0 Å². The molecule has 144 valence electrons. The summed E-state index contributed by atoms with van der Waals surface area (Å²) in [5, 5.41) is 3.13. The summed E-state index contributed by atoms with van der Waals surface area (Å²) in [5.74, 6) is 0.230. The van der Waals surface area contributed by atoms with Gasteiger partial charge in [-0.15, -0.1) is 0 Å². The molecular formula is C24H32N2O. The Morgan fingerprint density at radius 3 is 2.67 bits per heavy atom. The zero-order valence-corrected chi connectivity index (χ0v) is 16.7. The normalized spacial score (nSPS) is 17.6. The first-order chi connectivity index (χ1) is 13.2. The van der Waals surface area contributed by atoms with Gasteiger partial charge in [0.25, 0.3) is 0 Å². The van der Waals surface area contributed by atoms with Crippen LogP contribution >= 0.6 is 0 Å². The molecule has 2 aromatic rings. The molecule has 0 radical (unpaired) electrons. The molecule has 0 saturated carbocycles. The van der Waals surface area contributed by atoms with Crippen LogP contribution < -0.4 is 5.32 Å². The van der Waals surface area contributed by atoms with E-state index in [-0.39, 0.29) is 11.8 Å².